The molecule has 0 aliphatic rings. The second-order valence-electron chi connectivity index (χ2n) is 3.76. The van der Waals surface area contributed by atoms with Gasteiger partial charge in [-0.3, -0.25) is 9.78 Å². The normalized spacial score (nSPS) is 10.6. The molecule has 1 heterocycles. The van der Waals surface area contributed by atoms with Crippen molar-refractivity contribution in [1.82, 2.24) is 4.98 Å². The lowest BCUT2D eigenvalue weighted by Crippen LogP contribution is -2.07. The van der Waals surface area contributed by atoms with Crippen molar-refractivity contribution in [2.45, 2.75) is 13.8 Å². The van der Waals surface area contributed by atoms with Crippen LogP contribution in [0.5, 0.6) is 0 Å². The van der Waals surface area contributed by atoms with Gasteiger partial charge < -0.3 is 5.32 Å². The molecule has 0 unspecified atom stereocenters. The molecule has 0 saturated heterocycles. The Hall–Kier alpha value is -1.49. The molecule has 0 aliphatic heterocycles. The molecular formula is C12H10BrFN2O. The Bertz CT molecular complexity index is 613. The van der Waals surface area contributed by atoms with Gasteiger partial charge in [-0.15, -0.1) is 0 Å². The van der Waals surface area contributed by atoms with Crippen LogP contribution < -0.4 is 5.32 Å². The lowest BCUT2D eigenvalue weighted by Gasteiger charge is -2.09. The van der Waals surface area contributed by atoms with E-state index < -0.39 is 0 Å². The zero-order valence-corrected chi connectivity index (χ0v) is 10.9. The summed E-state index contributed by atoms with van der Waals surface area (Å²) in [6.07, 6.45) is 1.53. The predicted molar refractivity (Wildman–Crippen MR) is 68.4 cm³/mol. The van der Waals surface area contributed by atoms with Gasteiger partial charge in [-0.05, 0) is 34.5 Å². The van der Waals surface area contributed by atoms with E-state index in [1.165, 1.54) is 19.2 Å². The molecule has 3 nitrogen and oxygen atoms in total. The number of anilines is 1. The van der Waals surface area contributed by atoms with Crippen molar-refractivity contribution in [2.75, 3.05) is 5.32 Å². The zero-order valence-electron chi connectivity index (χ0n) is 9.34. The highest BCUT2D eigenvalue weighted by atomic mass is 79.9. The Morgan fingerprint density at radius 3 is 2.82 bits per heavy atom. The molecular weight excluding hydrogens is 287 g/mol. The van der Waals surface area contributed by atoms with E-state index in [0.29, 0.717) is 15.7 Å². The molecule has 2 rings (SSSR count). The highest BCUT2D eigenvalue weighted by Crippen LogP contribution is 2.28. The Labute approximate surface area is 106 Å². The number of hydrogen-bond acceptors (Lipinski definition) is 2. The van der Waals surface area contributed by atoms with Crippen LogP contribution in [0.15, 0.2) is 22.8 Å². The molecule has 1 aromatic heterocycles. The molecule has 88 valence electrons. The summed E-state index contributed by atoms with van der Waals surface area (Å²) in [5, 5.41) is 3.50. The van der Waals surface area contributed by atoms with Crippen molar-refractivity contribution in [2.24, 2.45) is 0 Å². The maximum Gasteiger partial charge on any atom is 0.221 e. The van der Waals surface area contributed by atoms with Crippen LogP contribution >= 0.6 is 15.9 Å². The minimum atomic E-state index is -0.350. The van der Waals surface area contributed by atoms with Gasteiger partial charge in [0.1, 0.15) is 5.82 Å². The van der Waals surface area contributed by atoms with Crippen molar-refractivity contribution < 1.29 is 9.18 Å². The average molecular weight is 297 g/mol. The smallest absolute Gasteiger partial charge is 0.221 e. The van der Waals surface area contributed by atoms with Gasteiger partial charge in [-0.25, -0.2) is 4.39 Å². The molecule has 0 spiro atoms. The Morgan fingerprint density at radius 1 is 1.47 bits per heavy atom. The van der Waals surface area contributed by atoms with Crippen LogP contribution in [0, 0.1) is 12.7 Å². The van der Waals surface area contributed by atoms with Crippen molar-refractivity contribution in [3.63, 3.8) is 0 Å². The van der Waals surface area contributed by atoms with Gasteiger partial charge in [-0.1, -0.05) is 0 Å². The van der Waals surface area contributed by atoms with Gasteiger partial charge >= 0.3 is 0 Å². The molecule has 0 saturated carbocycles. The minimum absolute atomic E-state index is 0.157. The van der Waals surface area contributed by atoms with Gasteiger partial charge in [0.15, 0.2) is 0 Å². The SMILES string of the molecule is CC(=O)Nc1cnc2cc(F)c(Br)cc2c1C. The number of aryl methyl sites for hydroxylation is 1. The van der Waals surface area contributed by atoms with Crippen LogP contribution in [-0.4, -0.2) is 10.9 Å². The average Bonchev–Trinajstić information content (AvgIpc) is 2.25. The van der Waals surface area contributed by atoms with E-state index in [0.717, 1.165) is 10.9 Å². The van der Waals surface area contributed by atoms with Crippen molar-refractivity contribution >= 4 is 38.4 Å². The molecule has 0 fully saturated rings. The maximum absolute atomic E-state index is 13.3. The summed E-state index contributed by atoms with van der Waals surface area (Å²) in [6, 6.07) is 3.03. The summed E-state index contributed by atoms with van der Waals surface area (Å²) in [7, 11) is 0. The Balaban J connectivity index is 2.66. The number of fused-ring (bicyclic) bond motifs is 1. The first-order chi connectivity index (χ1) is 7.99. The third-order valence-corrected chi connectivity index (χ3v) is 3.10. The number of carbonyl (C=O) groups is 1. The second kappa shape index (κ2) is 4.41. The van der Waals surface area contributed by atoms with Gasteiger partial charge in [0, 0.05) is 18.4 Å². The lowest BCUT2D eigenvalue weighted by molar-refractivity contribution is -0.114. The van der Waals surface area contributed by atoms with Gasteiger partial charge in [0.05, 0.1) is 21.9 Å². The lowest BCUT2D eigenvalue weighted by atomic mass is 10.1. The molecule has 0 atom stereocenters. The number of aromatic nitrogens is 1. The van der Waals surface area contributed by atoms with Gasteiger partial charge in [0.25, 0.3) is 0 Å². The molecule has 0 radical (unpaired) electrons. The number of amides is 1. The fourth-order valence-corrected chi connectivity index (χ4v) is 1.98. The maximum atomic E-state index is 13.3. The summed E-state index contributed by atoms with van der Waals surface area (Å²) < 4.78 is 13.7. The number of halogens is 2. The van der Waals surface area contributed by atoms with E-state index in [-0.39, 0.29) is 11.7 Å². The number of nitrogens with one attached hydrogen (secondary N) is 1. The summed E-state index contributed by atoms with van der Waals surface area (Å²) in [5.74, 6) is -0.507. The zero-order chi connectivity index (χ0) is 12.6. The third-order valence-electron chi connectivity index (χ3n) is 2.49. The van der Waals surface area contributed by atoms with Crippen molar-refractivity contribution in [3.8, 4) is 0 Å². The summed E-state index contributed by atoms with van der Waals surface area (Å²) in [5.41, 5.74) is 2.08. The first-order valence-corrected chi connectivity index (χ1v) is 5.80. The van der Waals surface area contributed by atoms with E-state index >= 15 is 0 Å². The molecule has 1 aromatic carbocycles. The van der Waals surface area contributed by atoms with Crippen molar-refractivity contribution in [1.29, 1.82) is 0 Å². The van der Waals surface area contributed by atoms with E-state index in [2.05, 4.69) is 26.2 Å². The second-order valence-corrected chi connectivity index (χ2v) is 4.62. The van der Waals surface area contributed by atoms with Crippen LogP contribution in [-0.2, 0) is 4.79 Å². The standard InChI is InChI=1S/C12H10BrFN2O/c1-6-8-3-9(13)10(14)4-11(8)15-5-12(6)16-7(2)17/h3-5H,1-2H3,(H,16,17). The number of pyridine rings is 1. The predicted octanol–water partition coefficient (Wildman–Crippen LogP) is 3.40. The highest BCUT2D eigenvalue weighted by molar-refractivity contribution is 9.10. The minimum Gasteiger partial charge on any atom is -0.325 e. The summed E-state index contributed by atoms with van der Waals surface area (Å²) in [6.45, 7) is 3.30. The topological polar surface area (TPSA) is 42.0 Å². The Kier molecular flexibility index (Phi) is 3.11. The molecule has 0 bridgehead atoms. The first kappa shape index (κ1) is 12.0. The van der Waals surface area contributed by atoms with Crippen LogP contribution in [0.1, 0.15) is 12.5 Å². The number of benzene rings is 1. The van der Waals surface area contributed by atoms with Crippen LogP contribution in [0.4, 0.5) is 10.1 Å². The van der Waals surface area contributed by atoms with Gasteiger partial charge in [0.2, 0.25) is 5.91 Å². The summed E-state index contributed by atoms with van der Waals surface area (Å²) >= 11 is 3.14. The van der Waals surface area contributed by atoms with E-state index in [1.54, 1.807) is 6.07 Å². The largest absolute Gasteiger partial charge is 0.325 e. The number of hydrogen-bond donors (Lipinski definition) is 1. The number of nitrogens with zero attached hydrogens (tertiary/aromatic N) is 1. The van der Waals surface area contributed by atoms with E-state index in [1.807, 2.05) is 6.92 Å². The molecule has 2 aromatic rings. The molecule has 1 amide bonds. The Morgan fingerprint density at radius 2 is 2.18 bits per heavy atom. The van der Waals surface area contributed by atoms with Crippen LogP contribution in [0.25, 0.3) is 10.9 Å². The summed E-state index contributed by atoms with van der Waals surface area (Å²) in [4.78, 5) is 15.1. The van der Waals surface area contributed by atoms with Crippen LogP contribution in [0.2, 0.25) is 0 Å². The van der Waals surface area contributed by atoms with Crippen molar-refractivity contribution in [3.05, 3.63) is 34.2 Å². The molecule has 17 heavy (non-hydrogen) atoms. The number of rotatable bonds is 1. The fraction of sp³-hybridized carbons (Fsp3) is 0.167. The molecule has 1 N–H and O–H groups in total. The molecule has 5 heteroatoms. The van der Waals surface area contributed by atoms with Gasteiger partial charge in [-0.2, -0.15) is 0 Å². The monoisotopic (exact) mass is 296 g/mol. The third kappa shape index (κ3) is 2.29. The highest BCUT2D eigenvalue weighted by Gasteiger charge is 2.09. The number of carbonyl (C=O) groups excluding carboxylic acids is 1. The quantitative estimate of drug-likeness (QED) is 0.876. The molecule has 0 aliphatic carbocycles. The van der Waals surface area contributed by atoms with Crippen LogP contribution in [0.3, 0.4) is 0 Å². The van der Waals surface area contributed by atoms with E-state index in [4.69, 9.17) is 0 Å². The van der Waals surface area contributed by atoms with E-state index in [9.17, 15) is 9.18 Å². The first-order valence-electron chi connectivity index (χ1n) is 5.01. The fourth-order valence-electron chi connectivity index (χ4n) is 1.64.